The van der Waals surface area contributed by atoms with Crippen molar-refractivity contribution in [3.8, 4) is 0 Å². The zero-order chi connectivity index (χ0) is 40.8. The van der Waals surface area contributed by atoms with E-state index in [1.165, 1.54) is 60.7 Å². The van der Waals surface area contributed by atoms with Gasteiger partial charge in [-0.05, 0) is 96.8 Å². The van der Waals surface area contributed by atoms with E-state index >= 15 is 0 Å². The molecule has 0 radical (unpaired) electrons. The normalized spacial score (nSPS) is 12.8. The molecule has 0 unspecified atom stereocenters. The molecule has 0 atom stereocenters. The summed E-state index contributed by atoms with van der Waals surface area (Å²) in [7, 11) is -18.8. The zero-order valence-corrected chi connectivity index (χ0v) is 34.5. The van der Waals surface area contributed by atoms with E-state index in [2.05, 4.69) is 20.5 Å². The van der Waals surface area contributed by atoms with Gasteiger partial charge in [0.1, 0.15) is 0 Å². The van der Waals surface area contributed by atoms with Crippen molar-refractivity contribution in [2.75, 3.05) is 11.5 Å². The molecule has 6 aromatic carbocycles. The number of aryl methyl sites for hydroxylation is 2. The topological polar surface area (TPSA) is 319 Å². The average Bonchev–Trinajstić information content (AvgIpc) is 3.12. The van der Waals surface area contributed by atoms with Crippen LogP contribution in [-0.4, -0.2) is 51.9 Å². The van der Waals surface area contributed by atoms with Crippen LogP contribution < -0.4 is 41.0 Å². The Balaban J connectivity index is 0.00000620. The maximum absolute atomic E-state index is 12.4. The Bertz CT molecular complexity index is 2920. The summed E-state index contributed by atoms with van der Waals surface area (Å²) in [5.74, 6) is 0. The first-order chi connectivity index (χ1) is 26.1. The molecule has 6 rings (SSSR count). The SMILES string of the molecule is Nc1ccc(N=Nc2ccc(CCc3ccc(N=Nc4ccc(N)c5cc(S(=O)(=O)O)ccc45)cc3S(=O)(=O)O)c(S(=O)(=O)O)c2)c2ccc(S(=O)(=O)O)cc12.[Na+]. The van der Waals surface area contributed by atoms with Crippen LogP contribution in [0.3, 0.4) is 0 Å². The second kappa shape index (κ2) is 16.3. The molecule has 0 saturated heterocycles. The number of hydrogen-bond donors (Lipinski definition) is 6. The van der Waals surface area contributed by atoms with E-state index in [1.807, 2.05) is 0 Å². The van der Waals surface area contributed by atoms with Crippen molar-refractivity contribution in [1.29, 1.82) is 0 Å². The summed E-state index contributed by atoms with van der Waals surface area (Å²) < 4.78 is 135. The summed E-state index contributed by atoms with van der Waals surface area (Å²) >= 11 is 0. The van der Waals surface area contributed by atoms with Gasteiger partial charge in [0.15, 0.2) is 0 Å². The van der Waals surface area contributed by atoms with Crippen molar-refractivity contribution >= 4 is 96.1 Å². The number of rotatable bonds is 11. The van der Waals surface area contributed by atoms with E-state index < -0.39 is 60.1 Å². The van der Waals surface area contributed by atoms with Crippen LogP contribution in [0, 0.1) is 0 Å². The van der Waals surface area contributed by atoms with Crippen molar-refractivity contribution < 1.29 is 81.4 Å². The van der Waals surface area contributed by atoms with E-state index in [-0.39, 0.29) is 98.4 Å². The molecule has 290 valence electrons. The van der Waals surface area contributed by atoms with E-state index in [0.29, 0.717) is 10.8 Å². The number of nitrogens with zero attached hydrogens (tertiary/aromatic N) is 4. The van der Waals surface area contributed by atoms with Crippen LogP contribution in [0.4, 0.5) is 34.1 Å². The molecule has 0 fully saturated rings. The smallest absolute Gasteiger partial charge is 0.398 e. The Morgan fingerprint density at radius 2 is 0.789 bits per heavy atom. The summed E-state index contributed by atoms with van der Waals surface area (Å²) in [6.45, 7) is 0. The fourth-order valence-corrected chi connectivity index (χ4v) is 8.32. The average molecular weight is 864 g/mol. The van der Waals surface area contributed by atoms with Gasteiger partial charge in [-0.15, -0.1) is 10.2 Å². The van der Waals surface area contributed by atoms with Gasteiger partial charge in [0.25, 0.3) is 40.5 Å². The van der Waals surface area contributed by atoms with Gasteiger partial charge in [-0.25, -0.2) is 0 Å². The molecule has 8 N–H and O–H groups in total. The number of hydrogen-bond acceptors (Lipinski definition) is 14. The predicted molar refractivity (Wildman–Crippen MR) is 205 cm³/mol. The Labute approximate surface area is 347 Å². The number of nitrogen functional groups attached to an aromatic ring is 2. The molecule has 0 spiro atoms. The van der Waals surface area contributed by atoms with Gasteiger partial charge in [-0.2, -0.15) is 43.9 Å². The molecule has 0 aliphatic carbocycles. The Kier molecular flexibility index (Phi) is 12.4. The van der Waals surface area contributed by atoms with E-state index in [1.54, 1.807) is 0 Å². The molecule has 0 aromatic heterocycles. The Morgan fingerprint density at radius 3 is 1.12 bits per heavy atom. The summed E-state index contributed by atoms with van der Waals surface area (Å²) in [4.78, 5) is -1.88. The summed E-state index contributed by atoms with van der Waals surface area (Å²) in [5.41, 5.74) is 12.9. The fourth-order valence-electron chi connectivity index (χ4n) is 5.76. The maximum Gasteiger partial charge on any atom is 1.00 e. The molecule has 0 aliphatic heterocycles. The molecule has 0 aliphatic rings. The molecule has 0 amide bonds. The van der Waals surface area contributed by atoms with Crippen LogP contribution in [0.5, 0.6) is 0 Å². The number of azo groups is 2. The molecule has 18 nitrogen and oxygen atoms in total. The van der Waals surface area contributed by atoms with E-state index in [0.717, 1.165) is 36.4 Å². The number of fused-ring (bicyclic) bond motifs is 2. The van der Waals surface area contributed by atoms with E-state index in [9.17, 15) is 51.9 Å². The third kappa shape index (κ3) is 9.88. The second-order valence-electron chi connectivity index (χ2n) is 12.1. The van der Waals surface area contributed by atoms with Crippen molar-refractivity contribution in [2.45, 2.75) is 32.4 Å². The van der Waals surface area contributed by atoms with Gasteiger partial charge in [0, 0.05) is 32.9 Å². The van der Waals surface area contributed by atoms with Gasteiger partial charge in [0.05, 0.1) is 42.3 Å². The van der Waals surface area contributed by atoms with Gasteiger partial charge in [0.2, 0.25) is 0 Å². The quantitative estimate of drug-likeness (QED) is 0.0468. The minimum atomic E-state index is -4.85. The maximum atomic E-state index is 12.4. The third-order valence-corrected chi connectivity index (χ3v) is 12.0. The second-order valence-corrected chi connectivity index (χ2v) is 17.8. The van der Waals surface area contributed by atoms with Crippen LogP contribution in [0.1, 0.15) is 11.1 Å². The summed E-state index contributed by atoms with van der Waals surface area (Å²) in [6, 6.07) is 20.7. The predicted octanol–water partition coefficient (Wildman–Crippen LogP) is 3.76. The molecule has 0 heterocycles. The van der Waals surface area contributed by atoms with Gasteiger partial charge in [-0.1, -0.05) is 24.3 Å². The fraction of sp³-hybridized carbons (Fsp3) is 0.0588. The number of anilines is 2. The number of benzene rings is 6. The summed E-state index contributed by atoms with van der Waals surface area (Å²) in [5, 5.41) is 17.6. The van der Waals surface area contributed by atoms with Crippen molar-refractivity contribution in [3.63, 3.8) is 0 Å². The molecule has 57 heavy (non-hydrogen) atoms. The van der Waals surface area contributed by atoms with Crippen LogP contribution in [0.15, 0.2) is 137 Å². The van der Waals surface area contributed by atoms with Crippen LogP contribution in [-0.2, 0) is 53.3 Å². The number of nitrogens with two attached hydrogens (primary N) is 2. The van der Waals surface area contributed by atoms with Gasteiger partial charge >= 0.3 is 29.6 Å². The Hall–Kier alpha value is -4.72. The van der Waals surface area contributed by atoms with Crippen LogP contribution >= 0.6 is 0 Å². The standard InChI is InChI=1S/C34H28N6O12S4.Na/c35-29-11-13-31(25-9-7-23(17-27(25)29)53(41,42)43)39-37-21-5-3-19(33(15-21)55(47,48)49)1-2-20-4-6-22(16-34(20)56(50,51)52)38-40-32-14-12-30(36)28-18-24(54(44,45)46)8-10-26(28)32;/h3-18H,1-2,35-36H2,(H,41,42,43)(H,44,45,46)(H,47,48,49)(H,50,51,52);/q;+1. The Morgan fingerprint density at radius 1 is 0.421 bits per heavy atom. The molecular weight excluding hydrogens is 836 g/mol. The first kappa shape index (κ1) is 43.4. The third-order valence-electron chi connectivity index (χ3n) is 8.46. The first-order valence-electron chi connectivity index (χ1n) is 15.7. The molecule has 6 aromatic rings. The summed E-state index contributed by atoms with van der Waals surface area (Å²) in [6.07, 6.45) is -0.283. The van der Waals surface area contributed by atoms with Crippen molar-refractivity contribution in [2.24, 2.45) is 20.5 Å². The largest absolute Gasteiger partial charge is 1.00 e. The minimum Gasteiger partial charge on any atom is -0.398 e. The van der Waals surface area contributed by atoms with Crippen LogP contribution in [0.2, 0.25) is 0 Å². The zero-order valence-electron chi connectivity index (χ0n) is 29.3. The minimum absolute atomic E-state index is 0. The van der Waals surface area contributed by atoms with E-state index in [4.69, 9.17) is 11.5 Å². The van der Waals surface area contributed by atoms with Crippen molar-refractivity contribution in [1.82, 2.24) is 0 Å². The first-order valence-corrected chi connectivity index (χ1v) is 21.5. The van der Waals surface area contributed by atoms with Gasteiger partial charge in [-0.3, -0.25) is 18.2 Å². The molecular formula is C34H28N6NaO12S4+. The van der Waals surface area contributed by atoms with Gasteiger partial charge < -0.3 is 11.5 Å². The molecule has 0 bridgehead atoms. The molecule has 23 heteroatoms. The molecule has 0 saturated carbocycles. The monoisotopic (exact) mass is 863 g/mol. The van der Waals surface area contributed by atoms with Crippen molar-refractivity contribution in [3.05, 3.63) is 108 Å². The van der Waals surface area contributed by atoms with Crippen LogP contribution in [0.25, 0.3) is 21.5 Å².